The molecule has 4 nitrogen and oxygen atoms in total. The van der Waals surface area contributed by atoms with Crippen LogP contribution in [0.4, 0.5) is 5.69 Å². The van der Waals surface area contributed by atoms with Gasteiger partial charge >= 0.3 is 0 Å². The van der Waals surface area contributed by atoms with Gasteiger partial charge in [-0.3, -0.25) is 4.79 Å². The Labute approximate surface area is 99.6 Å². The fraction of sp³-hybridized carbons (Fsp3) is 0.545. The second kappa shape index (κ2) is 4.82. The molecule has 1 atom stereocenters. The van der Waals surface area contributed by atoms with Crippen molar-refractivity contribution in [3.05, 3.63) is 18.0 Å². The van der Waals surface area contributed by atoms with Gasteiger partial charge in [0.15, 0.2) is 0 Å². The summed E-state index contributed by atoms with van der Waals surface area (Å²) in [4.78, 5) is 11.8. The van der Waals surface area contributed by atoms with Crippen LogP contribution >= 0.6 is 11.8 Å². The van der Waals surface area contributed by atoms with Gasteiger partial charge in [-0.1, -0.05) is 0 Å². The van der Waals surface area contributed by atoms with Crippen molar-refractivity contribution < 1.29 is 4.79 Å². The zero-order valence-electron chi connectivity index (χ0n) is 9.40. The first-order valence-electron chi connectivity index (χ1n) is 5.48. The zero-order chi connectivity index (χ0) is 11.5. The zero-order valence-corrected chi connectivity index (χ0v) is 10.2. The molecule has 5 heteroatoms. The molecule has 16 heavy (non-hydrogen) atoms. The number of nitrogens with zero attached hydrogens (tertiary/aromatic N) is 1. The topological polar surface area (TPSA) is 60.0 Å². The first kappa shape index (κ1) is 11.4. The van der Waals surface area contributed by atoms with E-state index in [2.05, 4.69) is 5.32 Å². The van der Waals surface area contributed by atoms with Gasteiger partial charge in [-0.05, 0) is 24.7 Å². The van der Waals surface area contributed by atoms with E-state index in [1.165, 1.54) is 18.6 Å². The van der Waals surface area contributed by atoms with Crippen molar-refractivity contribution in [3.63, 3.8) is 0 Å². The number of hydrogen-bond donors (Lipinski definition) is 2. The average Bonchev–Trinajstić information content (AvgIpc) is 2.84. The fourth-order valence-corrected chi connectivity index (χ4v) is 3.12. The van der Waals surface area contributed by atoms with Gasteiger partial charge in [-0.25, -0.2) is 0 Å². The Morgan fingerprint density at radius 2 is 2.56 bits per heavy atom. The number of nitrogen functional groups attached to an aromatic ring is 1. The summed E-state index contributed by atoms with van der Waals surface area (Å²) in [5, 5.41) is 3.54. The third-order valence-corrected chi connectivity index (χ3v) is 4.17. The normalized spacial score (nSPS) is 19.9. The maximum absolute atomic E-state index is 11.8. The maximum atomic E-state index is 11.8. The molecule has 1 fully saturated rings. The maximum Gasteiger partial charge on any atom is 0.268 e. The second-order valence-electron chi connectivity index (χ2n) is 4.11. The van der Waals surface area contributed by atoms with Crippen LogP contribution in [0.15, 0.2) is 12.3 Å². The second-order valence-corrected chi connectivity index (χ2v) is 5.52. The van der Waals surface area contributed by atoms with Crippen molar-refractivity contribution in [2.24, 2.45) is 7.05 Å². The van der Waals surface area contributed by atoms with Crippen LogP contribution in [0.3, 0.4) is 0 Å². The minimum Gasteiger partial charge on any atom is -0.397 e. The Morgan fingerprint density at radius 3 is 3.12 bits per heavy atom. The van der Waals surface area contributed by atoms with Crippen molar-refractivity contribution in [3.8, 4) is 0 Å². The summed E-state index contributed by atoms with van der Waals surface area (Å²) in [6, 6.07) is 1.71. The monoisotopic (exact) mass is 239 g/mol. The third kappa shape index (κ3) is 2.52. The van der Waals surface area contributed by atoms with E-state index in [1.807, 2.05) is 18.8 Å². The molecule has 0 bridgehead atoms. The van der Waals surface area contributed by atoms with Gasteiger partial charge in [0.2, 0.25) is 0 Å². The quantitative estimate of drug-likeness (QED) is 0.834. The van der Waals surface area contributed by atoms with E-state index in [0.29, 0.717) is 16.6 Å². The molecule has 1 amide bonds. The molecule has 0 radical (unpaired) electrons. The van der Waals surface area contributed by atoms with E-state index in [1.54, 1.807) is 16.8 Å². The molecule has 0 spiro atoms. The van der Waals surface area contributed by atoms with Crippen LogP contribution in [0.25, 0.3) is 0 Å². The van der Waals surface area contributed by atoms with Gasteiger partial charge in [0.25, 0.3) is 5.91 Å². The molecule has 1 saturated heterocycles. The number of amides is 1. The average molecular weight is 239 g/mol. The highest BCUT2D eigenvalue weighted by Gasteiger charge is 2.17. The number of nitrogens with one attached hydrogen (secondary N) is 1. The third-order valence-electron chi connectivity index (χ3n) is 2.77. The van der Waals surface area contributed by atoms with E-state index in [9.17, 15) is 4.79 Å². The predicted octanol–water partition coefficient (Wildman–Crippen LogP) is 1.23. The van der Waals surface area contributed by atoms with Crippen LogP contribution in [0.5, 0.6) is 0 Å². The first-order valence-corrected chi connectivity index (χ1v) is 6.53. The number of aromatic nitrogens is 1. The number of nitrogens with two attached hydrogens (primary N) is 1. The number of carbonyl (C=O) groups is 1. The van der Waals surface area contributed by atoms with Crippen LogP contribution in [-0.2, 0) is 7.05 Å². The predicted molar refractivity (Wildman–Crippen MR) is 67.6 cm³/mol. The molecule has 2 rings (SSSR count). The molecule has 0 aliphatic carbocycles. The molecule has 1 aromatic rings. The van der Waals surface area contributed by atoms with Crippen molar-refractivity contribution in [1.82, 2.24) is 9.88 Å². The number of thioether (sulfide) groups is 1. The highest BCUT2D eigenvalue weighted by molar-refractivity contribution is 8.00. The summed E-state index contributed by atoms with van der Waals surface area (Å²) in [5.41, 5.74) is 6.88. The number of anilines is 1. The number of aryl methyl sites for hydroxylation is 1. The molecular weight excluding hydrogens is 222 g/mol. The van der Waals surface area contributed by atoms with E-state index >= 15 is 0 Å². The van der Waals surface area contributed by atoms with E-state index < -0.39 is 0 Å². The summed E-state index contributed by atoms with van der Waals surface area (Å²) in [5.74, 6) is 1.18. The molecular formula is C11H17N3OS. The van der Waals surface area contributed by atoms with Crippen LogP contribution in [0, 0.1) is 0 Å². The summed E-state index contributed by atoms with van der Waals surface area (Å²) >= 11 is 1.94. The van der Waals surface area contributed by atoms with Gasteiger partial charge in [-0.15, -0.1) is 0 Å². The lowest BCUT2D eigenvalue weighted by atomic mass is 10.2. The lowest BCUT2D eigenvalue weighted by molar-refractivity contribution is 0.0945. The Hall–Kier alpha value is -1.10. The largest absolute Gasteiger partial charge is 0.397 e. The molecule has 88 valence electrons. The summed E-state index contributed by atoms with van der Waals surface area (Å²) in [6.45, 7) is 0.759. The van der Waals surface area contributed by atoms with Gasteiger partial charge in [-0.2, -0.15) is 11.8 Å². The van der Waals surface area contributed by atoms with Crippen LogP contribution in [-0.4, -0.2) is 28.0 Å². The minimum absolute atomic E-state index is 0.0355. The van der Waals surface area contributed by atoms with Gasteiger partial charge in [0, 0.05) is 25.0 Å². The van der Waals surface area contributed by atoms with Crippen LogP contribution < -0.4 is 11.1 Å². The fourth-order valence-electron chi connectivity index (χ4n) is 1.92. The first-order chi connectivity index (χ1) is 7.66. The lowest BCUT2D eigenvalue weighted by Gasteiger charge is -2.10. The van der Waals surface area contributed by atoms with E-state index in [-0.39, 0.29) is 5.91 Å². The molecule has 1 aliphatic rings. The molecule has 1 unspecified atom stereocenters. The minimum atomic E-state index is -0.0355. The van der Waals surface area contributed by atoms with Crippen molar-refractivity contribution >= 4 is 23.4 Å². The van der Waals surface area contributed by atoms with E-state index in [4.69, 9.17) is 5.73 Å². The van der Waals surface area contributed by atoms with Gasteiger partial charge < -0.3 is 15.6 Å². The molecule has 1 aromatic heterocycles. The Balaban J connectivity index is 1.90. The SMILES string of the molecule is Cn1cc(N)cc1C(=O)NCC1CCCS1. The number of hydrogen-bond acceptors (Lipinski definition) is 3. The highest BCUT2D eigenvalue weighted by Crippen LogP contribution is 2.25. The van der Waals surface area contributed by atoms with Crippen molar-refractivity contribution in [2.45, 2.75) is 18.1 Å². The highest BCUT2D eigenvalue weighted by atomic mass is 32.2. The Kier molecular flexibility index (Phi) is 3.43. The van der Waals surface area contributed by atoms with Crippen LogP contribution in [0.1, 0.15) is 23.3 Å². The van der Waals surface area contributed by atoms with Gasteiger partial charge in [0.1, 0.15) is 5.69 Å². The molecule has 1 aliphatic heterocycles. The molecule has 3 N–H and O–H groups in total. The Bertz CT molecular complexity index is 383. The summed E-state index contributed by atoms with van der Waals surface area (Å²) in [7, 11) is 1.83. The summed E-state index contributed by atoms with van der Waals surface area (Å²) < 4.78 is 1.76. The molecule has 0 saturated carbocycles. The standard InChI is InChI=1S/C11H17N3OS/c1-14-7-8(12)5-10(14)11(15)13-6-9-3-2-4-16-9/h5,7,9H,2-4,6,12H2,1H3,(H,13,15). The lowest BCUT2D eigenvalue weighted by Crippen LogP contribution is -2.30. The molecule has 2 heterocycles. The van der Waals surface area contributed by atoms with Gasteiger partial charge in [0.05, 0.1) is 5.69 Å². The van der Waals surface area contributed by atoms with Crippen LogP contribution in [0.2, 0.25) is 0 Å². The molecule has 0 aromatic carbocycles. The Morgan fingerprint density at radius 1 is 1.75 bits per heavy atom. The van der Waals surface area contributed by atoms with Crippen molar-refractivity contribution in [1.29, 1.82) is 0 Å². The number of rotatable bonds is 3. The number of carbonyl (C=O) groups excluding carboxylic acids is 1. The van der Waals surface area contributed by atoms with E-state index in [0.717, 1.165) is 6.54 Å². The summed E-state index contributed by atoms with van der Waals surface area (Å²) in [6.07, 6.45) is 4.22. The van der Waals surface area contributed by atoms with Crippen molar-refractivity contribution in [2.75, 3.05) is 18.0 Å². The smallest absolute Gasteiger partial charge is 0.268 e.